The molecule has 2 heterocycles. The largest absolute Gasteiger partial charge is 0.423 e. The minimum Gasteiger partial charge on any atom is -0.423 e. The molecule has 8 nitrogen and oxygen atoms in total. The van der Waals surface area contributed by atoms with Gasteiger partial charge in [-0.1, -0.05) is 48.5 Å². The molecule has 0 radical (unpaired) electrons. The molecule has 3 aromatic carbocycles. The molecular weight excluding hydrogens is 489 g/mol. The predicted octanol–water partition coefficient (Wildman–Crippen LogP) is 3.81. The topological polar surface area (TPSA) is 96.0 Å². The fourth-order valence-corrected chi connectivity index (χ4v) is 5.58. The number of Topliss-reactive ketones (excluding diaryl/α,β-unsaturated/α-hetero) is 1. The van der Waals surface area contributed by atoms with Gasteiger partial charge in [-0.05, 0) is 29.8 Å². The summed E-state index contributed by atoms with van der Waals surface area (Å²) in [6.07, 6.45) is -0.710. The number of esters is 1. The van der Waals surface area contributed by atoms with Crippen LogP contribution in [0.1, 0.15) is 37.8 Å². The number of hydrogen-bond acceptors (Lipinski definition) is 6. The van der Waals surface area contributed by atoms with E-state index >= 15 is 0 Å². The van der Waals surface area contributed by atoms with Gasteiger partial charge in [-0.2, -0.15) is 0 Å². The molecule has 1 aliphatic carbocycles. The Kier molecular flexibility index (Phi) is 5.37. The lowest BCUT2D eigenvalue weighted by molar-refractivity contribution is -0.138. The summed E-state index contributed by atoms with van der Waals surface area (Å²) in [7, 11) is 3.02. The van der Waals surface area contributed by atoms with Crippen molar-refractivity contribution in [3.05, 3.63) is 106 Å². The third kappa shape index (κ3) is 3.42. The fourth-order valence-electron chi connectivity index (χ4n) is 5.58. The molecule has 1 saturated heterocycles. The van der Waals surface area contributed by atoms with Crippen LogP contribution in [0.15, 0.2) is 78.4 Å². The SMILES string of the molecule is CN1C(=O)C2C(c3cccc(OC(=O)c4ccccc4F)c3)C3=C(NC2N(C)C1=O)c1ccccc1C3=O. The average Bonchev–Trinajstić information content (AvgIpc) is 3.21. The molecule has 38 heavy (non-hydrogen) atoms. The monoisotopic (exact) mass is 511 g/mol. The Labute approximate surface area is 217 Å². The second-order valence-electron chi connectivity index (χ2n) is 9.49. The summed E-state index contributed by atoms with van der Waals surface area (Å²) < 4.78 is 19.6. The van der Waals surface area contributed by atoms with Gasteiger partial charge in [-0.3, -0.25) is 14.5 Å². The summed E-state index contributed by atoms with van der Waals surface area (Å²) in [5.41, 5.74) is 2.53. The number of amides is 3. The summed E-state index contributed by atoms with van der Waals surface area (Å²) in [6.45, 7) is 0. The van der Waals surface area contributed by atoms with Crippen molar-refractivity contribution < 1.29 is 28.3 Å². The first-order valence-electron chi connectivity index (χ1n) is 12.0. The van der Waals surface area contributed by atoms with E-state index in [1.165, 1.54) is 36.2 Å². The second-order valence-corrected chi connectivity index (χ2v) is 9.49. The molecule has 6 rings (SSSR count). The first-order chi connectivity index (χ1) is 18.3. The minimum atomic E-state index is -0.869. The van der Waals surface area contributed by atoms with E-state index in [0.29, 0.717) is 28.0 Å². The summed E-state index contributed by atoms with van der Waals surface area (Å²) in [5.74, 6) is -3.65. The number of allylic oxidation sites excluding steroid dienone is 1. The lowest BCUT2D eigenvalue weighted by Crippen LogP contribution is -2.66. The van der Waals surface area contributed by atoms with E-state index in [1.807, 2.05) is 12.1 Å². The van der Waals surface area contributed by atoms with Gasteiger partial charge in [0.05, 0.1) is 17.2 Å². The molecular formula is C29H22FN3O5. The molecule has 3 unspecified atom stereocenters. The summed E-state index contributed by atoms with van der Waals surface area (Å²) in [6, 6.07) is 18.7. The van der Waals surface area contributed by atoms with Gasteiger partial charge in [0.25, 0.3) is 0 Å². The van der Waals surface area contributed by atoms with Crippen molar-refractivity contribution in [3.8, 4) is 5.75 Å². The number of rotatable bonds is 3. The van der Waals surface area contributed by atoms with Crippen LogP contribution in [0.2, 0.25) is 0 Å². The fraction of sp³-hybridized carbons (Fsp3) is 0.172. The molecule has 3 amide bonds. The van der Waals surface area contributed by atoms with Gasteiger partial charge >= 0.3 is 12.0 Å². The van der Waals surface area contributed by atoms with Crippen LogP contribution in [-0.2, 0) is 4.79 Å². The maximum Gasteiger partial charge on any atom is 0.346 e. The highest BCUT2D eigenvalue weighted by atomic mass is 19.1. The second kappa shape index (κ2) is 8.65. The molecule has 0 spiro atoms. The standard InChI is InChI=1S/C29H22FN3O5/c1-32-26-23(27(35)33(2)29(32)37)21(22-24(31-26)17-10-3-4-11-18(17)25(22)34)15-8-7-9-16(14-15)38-28(36)19-12-5-6-13-20(19)30/h3-14,21,23,26,31H,1-2H3. The molecule has 2 aliphatic heterocycles. The van der Waals surface area contributed by atoms with E-state index in [2.05, 4.69) is 5.32 Å². The smallest absolute Gasteiger partial charge is 0.346 e. The van der Waals surface area contributed by atoms with Gasteiger partial charge in [0.2, 0.25) is 5.91 Å². The van der Waals surface area contributed by atoms with Crippen molar-refractivity contribution in [1.82, 2.24) is 15.1 Å². The van der Waals surface area contributed by atoms with Gasteiger partial charge in [0, 0.05) is 36.7 Å². The van der Waals surface area contributed by atoms with Gasteiger partial charge in [0.15, 0.2) is 5.78 Å². The van der Waals surface area contributed by atoms with E-state index in [-0.39, 0.29) is 17.1 Å². The van der Waals surface area contributed by atoms with E-state index in [9.17, 15) is 23.6 Å². The number of imide groups is 1. The average molecular weight is 512 g/mol. The van der Waals surface area contributed by atoms with Crippen molar-refractivity contribution in [2.75, 3.05) is 14.1 Å². The van der Waals surface area contributed by atoms with Crippen molar-refractivity contribution in [3.63, 3.8) is 0 Å². The number of halogens is 1. The molecule has 0 bridgehead atoms. The predicted molar refractivity (Wildman–Crippen MR) is 135 cm³/mol. The molecule has 0 aromatic heterocycles. The molecule has 1 N–H and O–H groups in total. The molecule has 0 saturated carbocycles. The van der Waals surface area contributed by atoms with Crippen LogP contribution in [0.5, 0.6) is 5.75 Å². The zero-order valence-electron chi connectivity index (χ0n) is 20.5. The maximum absolute atomic E-state index is 14.1. The zero-order chi connectivity index (χ0) is 26.7. The van der Waals surface area contributed by atoms with Crippen LogP contribution in [0.4, 0.5) is 9.18 Å². The third-order valence-corrected chi connectivity index (χ3v) is 7.40. The molecule has 190 valence electrons. The Morgan fingerprint density at radius 1 is 0.921 bits per heavy atom. The van der Waals surface area contributed by atoms with Crippen molar-refractivity contribution in [1.29, 1.82) is 0 Å². The van der Waals surface area contributed by atoms with Crippen molar-refractivity contribution in [2.24, 2.45) is 5.92 Å². The molecule has 1 fully saturated rings. The van der Waals surface area contributed by atoms with Crippen LogP contribution in [0, 0.1) is 11.7 Å². The van der Waals surface area contributed by atoms with Crippen LogP contribution in [-0.4, -0.2) is 53.8 Å². The minimum absolute atomic E-state index is 0.136. The highest BCUT2D eigenvalue weighted by Crippen LogP contribution is 2.49. The number of nitrogens with one attached hydrogen (secondary N) is 1. The summed E-state index contributed by atoms with van der Waals surface area (Å²) in [4.78, 5) is 55.2. The van der Waals surface area contributed by atoms with Gasteiger partial charge in [-0.15, -0.1) is 0 Å². The van der Waals surface area contributed by atoms with E-state index < -0.39 is 41.7 Å². The van der Waals surface area contributed by atoms with E-state index in [1.54, 1.807) is 43.4 Å². The summed E-state index contributed by atoms with van der Waals surface area (Å²) >= 11 is 0. The summed E-state index contributed by atoms with van der Waals surface area (Å²) in [5, 5.41) is 3.30. The highest BCUT2D eigenvalue weighted by Gasteiger charge is 2.54. The molecule has 3 aromatic rings. The van der Waals surface area contributed by atoms with Crippen molar-refractivity contribution in [2.45, 2.75) is 12.1 Å². The number of fused-ring (bicyclic) bond motifs is 3. The third-order valence-electron chi connectivity index (χ3n) is 7.40. The van der Waals surface area contributed by atoms with Gasteiger partial charge < -0.3 is 15.0 Å². The number of ketones is 1. The van der Waals surface area contributed by atoms with Crippen LogP contribution >= 0.6 is 0 Å². The number of carbonyl (C=O) groups is 4. The van der Waals surface area contributed by atoms with E-state index in [4.69, 9.17) is 4.74 Å². The zero-order valence-corrected chi connectivity index (χ0v) is 20.5. The Morgan fingerprint density at radius 3 is 2.39 bits per heavy atom. The molecule has 9 heteroatoms. The first kappa shape index (κ1) is 23.6. The Balaban J connectivity index is 1.46. The Morgan fingerprint density at radius 2 is 1.63 bits per heavy atom. The Hall–Kier alpha value is -4.79. The number of urea groups is 1. The number of nitrogens with zero attached hydrogens (tertiary/aromatic N) is 2. The lowest BCUT2D eigenvalue weighted by atomic mass is 9.73. The molecule has 3 aliphatic rings. The van der Waals surface area contributed by atoms with Crippen molar-refractivity contribution >= 4 is 29.4 Å². The maximum atomic E-state index is 14.1. The van der Waals surface area contributed by atoms with E-state index in [0.717, 1.165) is 4.90 Å². The van der Waals surface area contributed by atoms with Gasteiger partial charge in [0.1, 0.15) is 17.7 Å². The normalized spacial score (nSPS) is 22.1. The Bertz CT molecular complexity index is 1580. The van der Waals surface area contributed by atoms with Crippen LogP contribution < -0.4 is 10.1 Å². The van der Waals surface area contributed by atoms with Crippen LogP contribution in [0.3, 0.4) is 0 Å². The first-order valence-corrected chi connectivity index (χ1v) is 12.0. The number of ether oxygens (including phenoxy) is 1. The number of carbonyl (C=O) groups excluding carboxylic acids is 4. The molecule has 3 atom stereocenters. The quantitative estimate of drug-likeness (QED) is 0.425. The number of benzene rings is 3. The number of hydrogen-bond donors (Lipinski definition) is 1. The highest BCUT2D eigenvalue weighted by molar-refractivity contribution is 6.22. The lowest BCUT2D eigenvalue weighted by Gasteiger charge is -2.48. The van der Waals surface area contributed by atoms with Crippen LogP contribution in [0.25, 0.3) is 5.70 Å². The van der Waals surface area contributed by atoms with Gasteiger partial charge in [-0.25, -0.2) is 14.0 Å².